The van der Waals surface area contributed by atoms with Gasteiger partial charge in [-0.1, -0.05) is 25.1 Å². The summed E-state index contributed by atoms with van der Waals surface area (Å²) in [4.78, 5) is 23.3. The molecule has 0 aromatic rings. The summed E-state index contributed by atoms with van der Waals surface area (Å²) in [5.74, 6) is -0.0829. The third kappa shape index (κ3) is 2.43. The summed E-state index contributed by atoms with van der Waals surface area (Å²) in [6.07, 6.45) is -0.692. The molecule has 0 aliphatic carbocycles. The molecule has 0 N–H and O–H groups in total. The molecule has 13 heavy (non-hydrogen) atoms. The van der Waals surface area contributed by atoms with Crippen molar-refractivity contribution < 1.29 is 14.0 Å². The van der Waals surface area contributed by atoms with Gasteiger partial charge in [-0.05, 0) is 6.42 Å². The van der Waals surface area contributed by atoms with Crippen molar-refractivity contribution in [2.45, 2.75) is 25.9 Å². The van der Waals surface area contributed by atoms with E-state index in [2.05, 4.69) is 0 Å². The van der Waals surface area contributed by atoms with Gasteiger partial charge in [-0.15, -0.1) is 0 Å². The normalized spacial score (nSPS) is 19.2. The number of imide groups is 1. The second kappa shape index (κ2) is 4.60. The Kier molecular flexibility index (Phi) is 3.71. The fraction of sp³-hybridized carbons (Fsp3) is 0.750. The average molecular weight is 205 g/mol. The van der Waals surface area contributed by atoms with Gasteiger partial charge < -0.3 is 0 Å². The number of hydrogen-bond donors (Lipinski definition) is 0. The molecule has 1 aliphatic rings. The highest BCUT2D eigenvalue weighted by atomic mass is 32.2. The van der Waals surface area contributed by atoms with Gasteiger partial charge in [0.25, 0.3) is 11.1 Å². The SMILES string of the molecule is CCC[C@@H](F)C(=O)N1CCSC1=O. The number of carbonyl (C=O) groups excluding carboxylic acids is 2. The molecule has 0 aromatic carbocycles. The fourth-order valence-corrected chi connectivity index (χ4v) is 1.93. The molecule has 2 amide bonds. The summed E-state index contributed by atoms with van der Waals surface area (Å²) < 4.78 is 13.1. The Bertz CT molecular complexity index is 222. The second-order valence-electron chi connectivity index (χ2n) is 2.86. The number of alkyl halides is 1. The lowest BCUT2D eigenvalue weighted by molar-refractivity contribution is -0.132. The number of carbonyl (C=O) groups is 2. The van der Waals surface area contributed by atoms with Crippen molar-refractivity contribution in [1.29, 1.82) is 0 Å². The maximum atomic E-state index is 13.1. The summed E-state index contributed by atoms with van der Waals surface area (Å²) >= 11 is 1.07. The van der Waals surface area contributed by atoms with Crippen LogP contribution in [0.4, 0.5) is 9.18 Å². The zero-order valence-electron chi connectivity index (χ0n) is 7.46. The predicted molar refractivity (Wildman–Crippen MR) is 49.4 cm³/mol. The molecular weight excluding hydrogens is 193 g/mol. The van der Waals surface area contributed by atoms with E-state index in [-0.39, 0.29) is 11.7 Å². The Balaban J connectivity index is 2.51. The van der Waals surface area contributed by atoms with Crippen LogP contribution in [0.1, 0.15) is 19.8 Å². The van der Waals surface area contributed by atoms with E-state index in [0.717, 1.165) is 16.7 Å². The highest BCUT2D eigenvalue weighted by molar-refractivity contribution is 8.13. The summed E-state index contributed by atoms with van der Waals surface area (Å²) in [5, 5.41) is -0.316. The van der Waals surface area contributed by atoms with Crippen molar-refractivity contribution in [3.63, 3.8) is 0 Å². The smallest absolute Gasteiger partial charge is 0.271 e. The van der Waals surface area contributed by atoms with Gasteiger partial charge in [-0.3, -0.25) is 14.5 Å². The number of hydrogen-bond acceptors (Lipinski definition) is 3. The largest absolute Gasteiger partial charge is 0.288 e. The number of amides is 2. The van der Waals surface area contributed by atoms with E-state index in [1.54, 1.807) is 6.92 Å². The maximum absolute atomic E-state index is 13.1. The van der Waals surface area contributed by atoms with Crippen LogP contribution >= 0.6 is 11.8 Å². The first kappa shape index (κ1) is 10.5. The number of thioether (sulfide) groups is 1. The zero-order valence-corrected chi connectivity index (χ0v) is 8.27. The van der Waals surface area contributed by atoms with Crippen LogP contribution in [0, 0.1) is 0 Å². The Morgan fingerprint density at radius 3 is 2.92 bits per heavy atom. The second-order valence-corrected chi connectivity index (χ2v) is 3.91. The summed E-state index contributed by atoms with van der Waals surface area (Å²) in [6, 6.07) is 0. The van der Waals surface area contributed by atoms with E-state index in [9.17, 15) is 14.0 Å². The van der Waals surface area contributed by atoms with E-state index < -0.39 is 12.1 Å². The van der Waals surface area contributed by atoms with Crippen molar-refractivity contribution >= 4 is 22.9 Å². The molecule has 0 radical (unpaired) electrons. The maximum Gasteiger partial charge on any atom is 0.288 e. The van der Waals surface area contributed by atoms with Crippen LogP contribution in [0.2, 0.25) is 0 Å². The van der Waals surface area contributed by atoms with Crippen LogP contribution in [0.15, 0.2) is 0 Å². The number of rotatable bonds is 3. The van der Waals surface area contributed by atoms with Crippen molar-refractivity contribution in [2.75, 3.05) is 12.3 Å². The van der Waals surface area contributed by atoms with Crippen LogP contribution in [-0.2, 0) is 4.79 Å². The Morgan fingerprint density at radius 1 is 1.77 bits per heavy atom. The standard InChI is InChI=1S/C8H12FNO2S/c1-2-3-6(9)7(11)10-4-5-13-8(10)12/h6H,2-5H2,1H3/t6-/m1/s1. The lowest BCUT2D eigenvalue weighted by atomic mass is 10.2. The van der Waals surface area contributed by atoms with Gasteiger partial charge in [0.05, 0.1) is 0 Å². The van der Waals surface area contributed by atoms with Crippen LogP contribution in [0.5, 0.6) is 0 Å². The van der Waals surface area contributed by atoms with Gasteiger partial charge in [-0.2, -0.15) is 0 Å². The molecule has 0 saturated carbocycles. The van der Waals surface area contributed by atoms with Crippen molar-refractivity contribution in [1.82, 2.24) is 4.90 Å². The van der Waals surface area contributed by atoms with Gasteiger partial charge in [0.2, 0.25) is 0 Å². The van der Waals surface area contributed by atoms with Gasteiger partial charge in [0, 0.05) is 12.3 Å². The van der Waals surface area contributed by atoms with Crippen LogP contribution < -0.4 is 0 Å². The molecule has 1 aliphatic heterocycles. The Hall–Kier alpha value is -0.580. The molecule has 0 spiro atoms. The van der Waals surface area contributed by atoms with Gasteiger partial charge >= 0.3 is 0 Å². The molecule has 0 aromatic heterocycles. The third-order valence-corrected chi connectivity index (χ3v) is 2.69. The molecule has 3 nitrogen and oxygen atoms in total. The van der Waals surface area contributed by atoms with E-state index in [0.29, 0.717) is 18.7 Å². The highest BCUT2D eigenvalue weighted by Crippen LogP contribution is 2.19. The molecule has 1 heterocycles. The topological polar surface area (TPSA) is 37.4 Å². The summed E-state index contributed by atoms with van der Waals surface area (Å²) in [5.41, 5.74) is 0. The molecule has 1 rings (SSSR count). The van der Waals surface area contributed by atoms with Crippen molar-refractivity contribution in [3.05, 3.63) is 0 Å². The average Bonchev–Trinajstić information content (AvgIpc) is 2.50. The van der Waals surface area contributed by atoms with E-state index >= 15 is 0 Å². The van der Waals surface area contributed by atoms with Gasteiger partial charge in [-0.25, -0.2) is 4.39 Å². The monoisotopic (exact) mass is 205 g/mol. The van der Waals surface area contributed by atoms with Gasteiger partial charge in [0.15, 0.2) is 6.17 Å². The van der Waals surface area contributed by atoms with E-state index in [1.807, 2.05) is 0 Å². The Labute approximate surface area is 80.7 Å². The lowest BCUT2D eigenvalue weighted by Gasteiger charge is -2.14. The first-order valence-corrected chi connectivity index (χ1v) is 5.27. The van der Waals surface area contributed by atoms with Crippen molar-refractivity contribution in [2.24, 2.45) is 0 Å². The minimum atomic E-state index is -1.51. The summed E-state index contributed by atoms with van der Waals surface area (Å²) in [7, 11) is 0. The predicted octanol–water partition coefficient (Wildman–Crippen LogP) is 1.82. The summed E-state index contributed by atoms with van der Waals surface area (Å²) in [6.45, 7) is 2.16. The van der Waals surface area contributed by atoms with Crippen LogP contribution in [0.25, 0.3) is 0 Å². The van der Waals surface area contributed by atoms with Crippen LogP contribution in [-0.4, -0.2) is 34.5 Å². The van der Waals surface area contributed by atoms with Crippen molar-refractivity contribution in [3.8, 4) is 0 Å². The highest BCUT2D eigenvalue weighted by Gasteiger charge is 2.31. The minimum absolute atomic E-state index is 0.202. The molecule has 1 saturated heterocycles. The first-order chi connectivity index (χ1) is 6.16. The van der Waals surface area contributed by atoms with E-state index in [4.69, 9.17) is 0 Å². The molecule has 5 heteroatoms. The number of halogens is 1. The number of nitrogens with zero attached hydrogens (tertiary/aromatic N) is 1. The van der Waals surface area contributed by atoms with Crippen LogP contribution in [0.3, 0.4) is 0 Å². The fourth-order valence-electron chi connectivity index (χ4n) is 1.14. The molecule has 0 bridgehead atoms. The molecule has 74 valence electrons. The molecule has 1 fully saturated rings. The third-order valence-electron chi connectivity index (χ3n) is 1.84. The lowest BCUT2D eigenvalue weighted by Crippen LogP contribution is -2.37. The Morgan fingerprint density at radius 2 is 2.46 bits per heavy atom. The molecule has 1 atom stereocenters. The molecular formula is C8H12FNO2S. The zero-order chi connectivity index (χ0) is 9.84. The van der Waals surface area contributed by atoms with E-state index in [1.165, 1.54) is 0 Å². The quantitative estimate of drug-likeness (QED) is 0.705. The molecule has 0 unspecified atom stereocenters. The minimum Gasteiger partial charge on any atom is -0.271 e. The first-order valence-electron chi connectivity index (χ1n) is 4.29. The van der Waals surface area contributed by atoms with Gasteiger partial charge in [0.1, 0.15) is 0 Å².